The van der Waals surface area contributed by atoms with Crippen LogP contribution in [0.15, 0.2) is 12.4 Å². The molecule has 4 rings (SSSR count). The Hall–Kier alpha value is -1.53. The molecule has 26 heavy (non-hydrogen) atoms. The van der Waals surface area contributed by atoms with Gasteiger partial charge in [0.15, 0.2) is 5.72 Å². The van der Waals surface area contributed by atoms with E-state index in [9.17, 15) is 4.79 Å². The maximum Gasteiger partial charge on any atom is 0.226 e. The summed E-state index contributed by atoms with van der Waals surface area (Å²) in [7, 11) is 0. The minimum absolute atomic E-state index is 0.0435. The Morgan fingerprint density at radius 3 is 2.62 bits per heavy atom. The SMILES string of the molecule is CC(C)[C@@H]1CO[C@@]23CCN(Cc4cnc(C(C)(C)C)nc4)[C@@H]2CC(=O)N13. The van der Waals surface area contributed by atoms with E-state index in [1.165, 1.54) is 0 Å². The third kappa shape index (κ3) is 2.65. The molecule has 0 saturated carbocycles. The Morgan fingerprint density at radius 1 is 1.31 bits per heavy atom. The molecule has 142 valence electrons. The van der Waals surface area contributed by atoms with E-state index < -0.39 is 5.72 Å². The zero-order valence-corrected chi connectivity index (χ0v) is 16.5. The second-order valence-corrected chi connectivity index (χ2v) is 9.34. The zero-order chi connectivity index (χ0) is 18.7. The highest BCUT2D eigenvalue weighted by molar-refractivity contribution is 5.82. The van der Waals surface area contributed by atoms with Gasteiger partial charge in [0.1, 0.15) is 5.82 Å². The van der Waals surface area contributed by atoms with Gasteiger partial charge in [-0.1, -0.05) is 34.6 Å². The molecule has 1 aromatic heterocycles. The fourth-order valence-electron chi connectivity index (χ4n) is 4.70. The smallest absolute Gasteiger partial charge is 0.226 e. The Balaban J connectivity index is 1.52. The first-order valence-corrected chi connectivity index (χ1v) is 9.74. The first-order chi connectivity index (χ1) is 12.2. The van der Waals surface area contributed by atoms with Gasteiger partial charge < -0.3 is 9.64 Å². The van der Waals surface area contributed by atoms with Gasteiger partial charge >= 0.3 is 0 Å². The van der Waals surface area contributed by atoms with Gasteiger partial charge in [-0.25, -0.2) is 9.97 Å². The van der Waals surface area contributed by atoms with Crippen LogP contribution < -0.4 is 0 Å². The maximum absolute atomic E-state index is 12.7. The molecule has 0 unspecified atom stereocenters. The molecule has 3 saturated heterocycles. The molecule has 1 spiro atoms. The van der Waals surface area contributed by atoms with E-state index in [0.29, 0.717) is 18.9 Å². The average Bonchev–Trinajstić information content (AvgIpc) is 3.18. The number of hydrogen-bond acceptors (Lipinski definition) is 5. The molecule has 3 aliphatic heterocycles. The van der Waals surface area contributed by atoms with Crippen LogP contribution in [0.25, 0.3) is 0 Å². The van der Waals surface area contributed by atoms with Crippen molar-refractivity contribution in [2.75, 3.05) is 13.2 Å². The van der Waals surface area contributed by atoms with Crippen LogP contribution in [0.3, 0.4) is 0 Å². The summed E-state index contributed by atoms with van der Waals surface area (Å²) in [5.41, 5.74) is 0.649. The quantitative estimate of drug-likeness (QED) is 0.830. The largest absolute Gasteiger partial charge is 0.352 e. The van der Waals surface area contributed by atoms with Crippen LogP contribution >= 0.6 is 0 Å². The van der Waals surface area contributed by atoms with Gasteiger partial charge in [-0.15, -0.1) is 0 Å². The van der Waals surface area contributed by atoms with Crippen molar-refractivity contribution < 1.29 is 9.53 Å². The number of carbonyl (C=O) groups is 1. The molecule has 0 N–H and O–H groups in total. The van der Waals surface area contributed by atoms with Crippen molar-refractivity contribution >= 4 is 5.91 Å². The Labute approximate surface area is 155 Å². The van der Waals surface area contributed by atoms with Gasteiger partial charge in [-0.3, -0.25) is 9.69 Å². The van der Waals surface area contributed by atoms with Crippen molar-refractivity contribution in [2.45, 2.75) is 77.2 Å². The lowest BCUT2D eigenvalue weighted by molar-refractivity contribution is -0.139. The van der Waals surface area contributed by atoms with Crippen molar-refractivity contribution in [3.63, 3.8) is 0 Å². The summed E-state index contributed by atoms with van der Waals surface area (Å²) in [6, 6.07) is 0.350. The summed E-state index contributed by atoms with van der Waals surface area (Å²) >= 11 is 0. The molecule has 0 radical (unpaired) electrons. The Morgan fingerprint density at radius 2 is 2.00 bits per heavy atom. The topological polar surface area (TPSA) is 58.6 Å². The van der Waals surface area contributed by atoms with E-state index >= 15 is 0 Å². The summed E-state index contributed by atoms with van der Waals surface area (Å²) in [5.74, 6) is 1.53. The molecule has 4 heterocycles. The number of hydrogen-bond donors (Lipinski definition) is 0. The van der Waals surface area contributed by atoms with Crippen LogP contribution in [0.1, 0.15) is 58.8 Å². The van der Waals surface area contributed by atoms with Gasteiger partial charge in [0.05, 0.1) is 18.7 Å². The van der Waals surface area contributed by atoms with E-state index in [1.807, 2.05) is 12.4 Å². The fourth-order valence-corrected chi connectivity index (χ4v) is 4.70. The molecular weight excluding hydrogens is 328 g/mol. The van der Waals surface area contributed by atoms with E-state index in [4.69, 9.17) is 4.74 Å². The molecule has 1 amide bonds. The molecule has 1 aromatic rings. The minimum atomic E-state index is -0.405. The lowest BCUT2D eigenvalue weighted by atomic mass is 9.96. The number of amides is 1. The molecule has 0 aliphatic carbocycles. The average molecular weight is 358 g/mol. The predicted octanol–water partition coefficient (Wildman–Crippen LogP) is 2.33. The summed E-state index contributed by atoms with van der Waals surface area (Å²) in [4.78, 5) is 26.3. The minimum Gasteiger partial charge on any atom is -0.352 e. The zero-order valence-electron chi connectivity index (χ0n) is 16.5. The van der Waals surface area contributed by atoms with Crippen molar-refractivity contribution in [1.82, 2.24) is 19.8 Å². The monoisotopic (exact) mass is 358 g/mol. The van der Waals surface area contributed by atoms with Crippen molar-refractivity contribution in [3.05, 3.63) is 23.8 Å². The molecular formula is C20H30N4O2. The molecule has 3 fully saturated rings. The Bertz CT molecular complexity index is 697. The molecule has 3 atom stereocenters. The van der Waals surface area contributed by atoms with Gasteiger partial charge in [0.2, 0.25) is 5.91 Å². The number of rotatable bonds is 3. The van der Waals surface area contributed by atoms with Crippen LogP contribution in [-0.4, -0.2) is 56.6 Å². The van der Waals surface area contributed by atoms with E-state index in [1.54, 1.807) is 0 Å². The first-order valence-electron chi connectivity index (χ1n) is 9.74. The van der Waals surface area contributed by atoms with Gasteiger partial charge in [-0.05, 0) is 5.92 Å². The lowest BCUT2D eigenvalue weighted by Gasteiger charge is -2.34. The van der Waals surface area contributed by atoms with Crippen LogP contribution in [0.2, 0.25) is 0 Å². The molecule has 6 nitrogen and oxygen atoms in total. The third-order valence-corrected chi connectivity index (χ3v) is 6.13. The van der Waals surface area contributed by atoms with E-state index in [-0.39, 0.29) is 23.4 Å². The first kappa shape index (κ1) is 17.9. The second kappa shape index (κ2) is 5.99. The number of aromatic nitrogens is 2. The van der Waals surface area contributed by atoms with Gasteiger partial charge in [0, 0.05) is 49.3 Å². The standard InChI is InChI=1S/C20H30N4O2/c1-13(2)15-12-26-20-6-7-23(16(20)8-17(25)24(15)20)11-14-9-21-18(22-10-14)19(3,4)5/h9-10,13,15-16H,6-8,11-12H2,1-5H3/t15-,16+,20-/m0/s1. The third-order valence-electron chi connectivity index (χ3n) is 6.13. The fraction of sp³-hybridized carbons (Fsp3) is 0.750. The molecule has 0 bridgehead atoms. The van der Waals surface area contributed by atoms with Crippen molar-refractivity contribution in [1.29, 1.82) is 0 Å². The van der Waals surface area contributed by atoms with Crippen molar-refractivity contribution in [3.8, 4) is 0 Å². The van der Waals surface area contributed by atoms with Crippen molar-refractivity contribution in [2.24, 2.45) is 5.92 Å². The van der Waals surface area contributed by atoms with Gasteiger partial charge in [-0.2, -0.15) is 0 Å². The predicted molar refractivity (Wildman–Crippen MR) is 98.3 cm³/mol. The number of carbonyl (C=O) groups excluding carboxylic acids is 1. The maximum atomic E-state index is 12.7. The highest BCUT2D eigenvalue weighted by Crippen LogP contribution is 2.49. The van der Waals surface area contributed by atoms with E-state index in [2.05, 4.69) is 54.4 Å². The summed E-state index contributed by atoms with van der Waals surface area (Å²) in [6.07, 6.45) is 5.32. The lowest BCUT2D eigenvalue weighted by Crippen LogP contribution is -2.50. The van der Waals surface area contributed by atoms with Crippen LogP contribution in [0, 0.1) is 5.92 Å². The number of ether oxygens (including phenoxy) is 1. The summed E-state index contributed by atoms with van der Waals surface area (Å²) in [6.45, 7) is 13.1. The highest BCUT2D eigenvalue weighted by Gasteiger charge is 2.64. The molecule has 0 aromatic carbocycles. The molecule has 6 heteroatoms. The highest BCUT2D eigenvalue weighted by atomic mass is 16.5. The van der Waals surface area contributed by atoms with E-state index in [0.717, 1.165) is 30.9 Å². The second-order valence-electron chi connectivity index (χ2n) is 9.34. The van der Waals surface area contributed by atoms with Crippen LogP contribution in [0.4, 0.5) is 0 Å². The van der Waals surface area contributed by atoms with Crippen LogP contribution in [0.5, 0.6) is 0 Å². The number of likely N-dealkylation sites (tertiary alicyclic amines) is 1. The number of nitrogens with zero attached hydrogens (tertiary/aromatic N) is 4. The summed E-state index contributed by atoms with van der Waals surface area (Å²) < 4.78 is 6.30. The van der Waals surface area contributed by atoms with Gasteiger partial charge in [0.25, 0.3) is 0 Å². The Kier molecular flexibility index (Phi) is 4.12. The summed E-state index contributed by atoms with van der Waals surface area (Å²) in [5, 5.41) is 0. The molecule has 3 aliphatic rings. The normalized spacial score (nSPS) is 31.8. The van der Waals surface area contributed by atoms with Crippen LogP contribution in [-0.2, 0) is 21.5 Å².